The molecule has 2 atom stereocenters. The van der Waals surface area contributed by atoms with Gasteiger partial charge in [-0.25, -0.2) is 10.3 Å². The average molecular weight is 481 g/mol. The second-order valence-electron chi connectivity index (χ2n) is 7.83. The van der Waals surface area contributed by atoms with Crippen molar-refractivity contribution in [3.8, 4) is 5.75 Å². The van der Waals surface area contributed by atoms with Crippen LogP contribution in [0.2, 0.25) is 0 Å². The molecular weight excluding hydrogens is 452 g/mol. The van der Waals surface area contributed by atoms with Gasteiger partial charge in [-0.1, -0.05) is 43.3 Å². The van der Waals surface area contributed by atoms with Crippen molar-refractivity contribution >= 4 is 40.2 Å². The van der Waals surface area contributed by atoms with E-state index in [1.54, 1.807) is 35.5 Å². The van der Waals surface area contributed by atoms with Gasteiger partial charge in [0.15, 0.2) is 0 Å². The maximum absolute atomic E-state index is 12.8. The number of carbonyl (C=O) groups excluding carboxylic acids is 2. The van der Waals surface area contributed by atoms with Crippen LogP contribution in [-0.2, 0) is 9.53 Å². The summed E-state index contributed by atoms with van der Waals surface area (Å²) in [6.07, 6.45) is 4.87. The largest absolute Gasteiger partial charge is 0.507 e. The van der Waals surface area contributed by atoms with Crippen LogP contribution < -0.4 is 10.8 Å². The van der Waals surface area contributed by atoms with E-state index in [1.807, 2.05) is 61.7 Å². The van der Waals surface area contributed by atoms with Gasteiger partial charge in [0, 0.05) is 27.6 Å². The summed E-state index contributed by atoms with van der Waals surface area (Å²) in [5, 5.41) is 23.2. The van der Waals surface area contributed by atoms with Gasteiger partial charge in [-0.15, -0.1) is 11.8 Å². The number of thioether (sulfide) groups is 1. The molecule has 0 unspecified atom stereocenters. The predicted molar refractivity (Wildman–Crippen MR) is 134 cm³/mol. The van der Waals surface area contributed by atoms with Crippen molar-refractivity contribution in [2.45, 2.75) is 30.8 Å². The summed E-state index contributed by atoms with van der Waals surface area (Å²) in [6, 6.07) is 18.3. The van der Waals surface area contributed by atoms with Gasteiger partial charge in [0.1, 0.15) is 11.9 Å². The fourth-order valence-electron chi connectivity index (χ4n) is 3.72. The van der Waals surface area contributed by atoms with Crippen molar-refractivity contribution in [3.63, 3.8) is 0 Å². The third-order valence-corrected chi connectivity index (χ3v) is 6.24. The minimum Gasteiger partial charge on any atom is -0.507 e. The molecule has 0 heterocycles. The Balaban J connectivity index is 1.84. The van der Waals surface area contributed by atoms with Crippen LogP contribution in [0, 0.1) is 5.92 Å². The number of fused-ring (bicyclic) bond motifs is 1. The smallest absolute Gasteiger partial charge is 0.412 e. The number of benzene rings is 3. The molecule has 3 aromatic rings. The molecule has 2 amide bonds. The first-order valence-electron chi connectivity index (χ1n) is 10.9. The number of phenols is 1. The van der Waals surface area contributed by atoms with E-state index >= 15 is 0 Å². The SMILES string of the molecule is CSc1ccc(NC(=O)O[C@H](c2ccc(O)c3ccccc23)[C@H](C)CC/C=C/C(=O)NO)cc1. The highest BCUT2D eigenvalue weighted by Gasteiger charge is 2.26. The Morgan fingerprint density at radius 3 is 2.44 bits per heavy atom. The minimum absolute atomic E-state index is 0.112. The number of allylic oxidation sites excluding steroid dienone is 1. The predicted octanol–water partition coefficient (Wildman–Crippen LogP) is 6.04. The molecule has 34 heavy (non-hydrogen) atoms. The molecule has 0 spiro atoms. The van der Waals surface area contributed by atoms with Gasteiger partial charge in [-0.3, -0.25) is 15.3 Å². The Morgan fingerprint density at radius 1 is 1.06 bits per heavy atom. The molecule has 0 aliphatic carbocycles. The third kappa shape index (κ3) is 6.52. The van der Waals surface area contributed by atoms with Crippen LogP contribution in [0.25, 0.3) is 10.8 Å². The lowest BCUT2D eigenvalue weighted by Crippen LogP contribution is -2.22. The standard InChI is InChI=1S/C26H28N2O5S/c1-17(7-3-6-10-24(30)28-32)25(22-15-16-23(29)21-9-5-4-8-20(21)22)33-26(31)27-18-11-13-19(34-2)14-12-18/h4-6,8-17,25,29,32H,3,7H2,1-2H3,(H,27,31)(H,28,30)/b10-6+/t17-,25+/m1/s1. The van der Waals surface area contributed by atoms with Crippen LogP contribution in [0.15, 0.2) is 77.7 Å². The number of ether oxygens (including phenoxy) is 1. The molecule has 0 aromatic heterocycles. The lowest BCUT2D eigenvalue weighted by Gasteiger charge is -2.26. The van der Waals surface area contributed by atoms with Gasteiger partial charge in [-0.2, -0.15) is 0 Å². The highest BCUT2D eigenvalue weighted by Crippen LogP contribution is 2.37. The summed E-state index contributed by atoms with van der Waals surface area (Å²) in [4.78, 5) is 25.1. The van der Waals surface area contributed by atoms with Gasteiger partial charge < -0.3 is 9.84 Å². The van der Waals surface area contributed by atoms with Gasteiger partial charge in [0.25, 0.3) is 5.91 Å². The molecule has 0 saturated heterocycles. The topological polar surface area (TPSA) is 108 Å². The fraction of sp³-hybridized carbons (Fsp3) is 0.231. The summed E-state index contributed by atoms with van der Waals surface area (Å²) in [5.74, 6) is -0.557. The number of amides is 2. The zero-order chi connectivity index (χ0) is 24.5. The first-order chi connectivity index (χ1) is 16.4. The molecule has 3 aromatic carbocycles. The van der Waals surface area contributed by atoms with Gasteiger partial charge >= 0.3 is 6.09 Å². The number of nitrogens with one attached hydrogen (secondary N) is 2. The highest BCUT2D eigenvalue weighted by molar-refractivity contribution is 7.98. The first-order valence-corrected chi connectivity index (χ1v) is 12.1. The minimum atomic E-state index is -0.601. The summed E-state index contributed by atoms with van der Waals surface area (Å²) in [5.41, 5.74) is 2.97. The number of carbonyl (C=O) groups is 2. The fourth-order valence-corrected chi connectivity index (χ4v) is 4.12. The van der Waals surface area contributed by atoms with Crippen LogP contribution >= 0.6 is 11.8 Å². The molecule has 0 fully saturated rings. The molecule has 0 radical (unpaired) electrons. The molecule has 7 nitrogen and oxygen atoms in total. The van der Waals surface area contributed by atoms with Gasteiger partial charge in [0.05, 0.1) is 0 Å². The Bertz CT molecular complexity index is 1160. The van der Waals surface area contributed by atoms with E-state index in [-0.39, 0.29) is 11.7 Å². The molecule has 0 aliphatic rings. The van der Waals surface area contributed by atoms with E-state index in [0.717, 1.165) is 15.8 Å². The molecule has 0 bridgehead atoms. The summed E-state index contributed by atoms with van der Waals surface area (Å²) < 4.78 is 5.93. The molecule has 4 N–H and O–H groups in total. The lowest BCUT2D eigenvalue weighted by atomic mass is 9.89. The number of anilines is 1. The summed E-state index contributed by atoms with van der Waals surface area (Å²) >= 11 is 1.61. The molecule has 0 aliphatic heterocycles. The number of hydrogen-bond acceptors (Lipinski definition) is 6. The van der Waals surface area contributed by atoms with Crippen molar-refractivity contribution in [2.24, 2.45) is 5.92 Å². The van der Waals surface area contributed by atoms with Crippen LogP contribution in [-0.4, -0.2) is 28.6 Å². The Kier molecular flexibility index (Phi) is 8.95. The Morgan fingerprint density at radius 2 is 1.76 bits per heavy atom. The second kappa shape index (κ2) is 12.1. The van der Waals surface area contributed by atoms with Crippen LogP contribution in [0.5, 0.6) is 5.75 Å². The average Bonchev–Trinajstić information content (AvgIpc) is 2.86. The van der Waals surface area contributed by atoms with Crippen molar-refractivity contribution in [3.05, 3.63) is 78.4 Å². The van der Waals surface area contributed by atoms with E-state index in [9.17, 15) is 14.7 Å². The number of aromatic hydroxyl groups is 1. The summed E-state index contributed by atoms with van der Waals surface area (Å²) in [6.45, 7) is 1.97. The van der Waals surface area contributed by atoms with Gasteiger partial charge in [-0.05, 0) is 60.7 Å². The van der Waals surface area contributed by atoms with Crippen molar-refractivity contribution in [1.29, 1.82) is 0 Å². The second-order valence-corrected chi connectivity index (χ2v) is 8.71. The first kappa shape index (κ1) is 25.1. The third-order valence-electron chi connectivity index (χ3n) is 5.50. The molecule has 3 rings (SSSR count). The van der Waals surface area contributed by atoms with Crippen LogP contribution in [0.1, 0.15) is 31.4 Å². The van der Waals surface area contributed by atoms with Crippen molar-refractivity contribution < 1.29 is 24.6 Å². The van der Waals surface area contributed by atoms with Crippen molar-refractivity contribution in [2.75, 3.05) is 11.6 Å². The van der Waals surface area contributed by atoms with Gasteiger partial charge in [0.2, 0.25) is 0 Å². The molecule has 0 saturated carbocycles. The van der Waals surface area contributed by atoms with Crippen LogP contribution in [0.4, 0.5) is 10.5 Å². The molecule has 8 heteroatoms. The van der Waals surface area contributed by atoms with E-state index in [2.05, 4.69) is 5.32 Å². The normalized spacial score (nSPS) is 12.9. The monoisotopic (exact) mass is 480 g/mol. The maximum Gasteiger partial charge on any atom is 0.412 e. The van der Waals surface area contributed by atoms with E-state index < -0.39 is 18.1 Å². The highest BCUT2D eigenvalue weighted by atomic mass is 32.2. The zero-order valence-corrected chi connectivity index (χ0v) is 19.8. The quantitative estimate of drug-likeness (QED) is 0.129. The Hall–Kier alpha value is -3.49. The lowest BCUT2D eigenvalue weighted by molar-refractivity contribution is -0.124. The number of hydroxylamine groups is 1. The van der Waals surface area contributed by atoms with E-state index in [4.69, 9.17) is 9.94 Å². The number of hydrogen-bond donors (Lipinski definition) is 4. The maximum atomic E-state index is 12.8. The van der Waals surface area contributed by atoms with E-state index in [0.29, 0.717) is 23.9 Å². The van der Waals surface area contributed by atoms with Crippen molar-refractivity contribution in [1.82, 2.24) is 5.48 Å². The number of rotatable bonds is 9. The van der Waals surface area contributed by atoms with Crippen LogP contribution in [0.3, 0.4) is 0 Å². The zero-order valence-electron chi connectivity index (χ0n) is 19.0. The molecule has 178 valence electrons. The Labute approximate surface area is 202 Å². The molecular formula is C26H28N2O5S. The number of phenolic OH excluding ortho intramolecular Hbond substituents is 1. The summed E-state index contributed by atoms with van der Waals surface area (Å²) in [7, 11) is 0. The van der Waals surface area contributed by atoms with E-state index in [1.165, 1.54) is 6.08 Å².